The summed E-state index contributed by atoms with van der Waals surface area (Å²) < 4.78 is 1.02. The Hall–Kier alpha value is -2.73. The van der Waals surface area contributed by atoms with Crippen LogP contribution in [0, 0.1) is 6.92 Å². The van der Waals surface area contributed by atoms with Crippen LogP contribution in [0.15, 0.2) is 65.1 Å². The molecule has 1 aromatic heterocycles. The maximum absolute atomic E-state index is 12.0. The van der Waals surface area contributed by atoms with Crippen molar-refractivity contribution in [3.8, 4) is 0 Å². The van der Waals surface area contributed by atoms with Crippen molar-refractivity contribution in [3.05, 3.63) is 76.3 Å². The van der Waals surface area contributed by atoms with E-state index < -0.39 is 0 Å². The number of nitrogens with one attached hydrogen (secondary N) is 2. The lowest BCUT2D eigenvalue weighted by Crippen LogP contribution is -2.15. The van der Waals surface area contributed by atoms with Gasteiger partial charge in [0.1, 0.15) is 0 Å². The van der Waals surface area contributed by atoms with Crippen molar-refractivity contribution < 1.29 is 4.79 Å². The van der Waals surface area contributed by atoms with E-state index in [0.29, 0.717) is 18.1 Å². The lowest BCUT2D eigenvalue weighted by Gasteiger charge is -2.08. The van der Waals surface area contributed by atoms with E-state index in [1.165, 1.54) is 0 Å². The van der Waals surface area contributed by atoms with E-state index in [1.54, 1.807) is 12.1 Å². The number of hydrogen-bond acceptors (Lipinski definition) is 4. The van der Waals surface area contributed by atoms with Gasteiger partial charge in [0, 0.05) is 10.2 Å². The highest BCUT2D eigenvalue weighted by atomic mass is 79.9. The summed E-state index contributed by atoms with van der Waals surface area (Å²) in [4.78, 5) is 12.0. The van der Waals surface area contributed by atoms with Crippen molar-refractivity contribution in [1.29, 1.82) is 0 Å². The number of anilines is 3. The zero-order valence-corrected chi connectivity index (χ0v) is 15.2. The fourth-order valence-electron chi connectivity index (χ4n) is 2.25. The molecule has 0 aliphatic heterocycles. The van der Waals surface area contributed by atoms with Gasteiger partial charge in [0.15, 0.2) is 11.6 Å². The molecule has 2 aromatic carbocycles. The second-order valence-corrected chi connectivity index (χ2v) is 6.46. The normalized spacial score (nSPS) is 10.3. The minimum atomic E-state index is -0.122. The quantitative estimate of drug-likeness (QED) is 0.667. The first kappa shape index (κ1) is 17.1. The molecule has 126 valence electrons. The van der Waals surface area contributed by atoms with Crippen molar-refractivity contribution in [2.75, 3.05) is 10.6 Å². The van der Waals surface area contributed by atoms with Gasteiger partial charge in [-0.1, -0.05) is 52.3 Å². The fraction of sp³-hybridized carbons (Fsp3) is 0.105. The molecular weight excluding hydrogens is 380 g/mol. The highest BCUT2D eigenvalue weighted by Crippen LogP contribution is 2.22. The molecule has 5 nitrogen and oxygen atoms in total. The van der Waals surface area contributed by atoms with Crippen LogP contribution in [0.25, 0.3) is 0 Å². The van der Waals surface area contributed by atoms with Crippen LogP contribution in [0.3, 0.4) is 0 Å². The first-order valence-electron chi connectivity index (χ1n) is 7.81. The number of halogens is 1. The van der Waals surface area contributed by atoms with Gasteiger partial charge in [-0.25, -0.2) is 0 Å². The predicted molar refractivity (Wildman–Crippen MR) is 103 cm³/mol. The standard InChI is InChI=1S/C19H17BrN4O/c1-13-7-8-15(12-16(13)20)21-17-9-10-18(24-23-17)22-19(25)11-14-5-3-2-4-6-14/h2-10,12H,11H2,1H3,(H,21,23)(H,22,24,25). The van der Waals surface area contributed by atoms with Crippen LogP contribution in [0.1, 0.15) is 11.1 Å². The van der Waals surface area contributed by atoms with E-state index in [2.05, 4.69) is 36.8 Å². The number of rotatable bonds is 5. The maximum atomic E-state index is 12.0. The Morgan fingerprint density at radius 2 is 1.72 bits per heavy atom. The van der Waals surface area contributed by atoms with Crippen molar-refractivity contribution in [2.45, 2.75) is 13.3 Å². The molecule has 25 heavy (non-hydrogen) atoms. The zero-order chi connectivity index (χ0) is 17.6. The summed E-state index contributed by atoms with van der Waals surface area (Å²) in [6.45, 7) is 2.03. The highest BCUT2D eigenvalue weighted by Gasteiger charge is 2.06. The van der Waals surface area contributed by atoms with Crippen LogP contribution in [-0.4, -0.2) is 16.1 Å². The Morgan fingerprint density at radius 3 is 2.40 bits per heavy atom. The molecule has 0 bridgehead atoms. The summed E-state index contributed by atoms with van der Waals surface area (Å²) in [6, 6.07) is 19.0. The van der Waals surface area contributed by atoms with E-state index in [-0.39, 0.29) is 5.91 Å². The molecule has 0 fully saturated rings. The molecule has 3 rings (SSSR count). The minimum absolute atomic E-state index is 0.122. The number of aryl methyl sites for hydroxylation is 1. The number of nitrogens with zero attached hydrogens (tertiary/aromatic N) is 2. The number of amides is 1. The monoisotopic (exact) mass is 396 g/mol. The Labute approximate surface area is 154 Å². The molecule has 0 radical (unpaired) electrons. The molecule has 0 atom stereocenters. The lowest BCUT2D eigenvalue weighted by atomic mass is 10.1. The van der Waals surface area contributed by atoms with Crippen molar-refractivity contribution in [2.24, 2.45) is 0 Å². The molecule has 2 N–H and O–H groups in total. The zero-order valence-electron chi connectivity index (χ0n) is 13.7. The smallest absolute Gasteiger partial charge is 0.229 e. The van der Waals surface area contributed by atoms with Crippen LogP contribution in [0.4, 0.5) is 17.3 Å². The lowest BCUT2D eigenvalue weighted by molar-refractivity contribution is -0.115. The third-order valence-electron chi connectivity index (χ3n) is 3.58. The van der Waals surface area contributed by atoms with Crippen LogP contribution in [-0.2, 0) is 11.2 Å². The van der Waals surface area contributed by atoms with Crippen LogP contribution in [0.5, 0.6) is 0 Å². The Bertz CT molecular complexity index is 866. The average Bonchev–Trinajstić information content (AvgIpc) is 2.61. The fourth-order valence-corrected chi connectivity index (χ4v) is 2.63. The van der Waals surface area contributed by atoms with Gasteiger partial charge >= 0.3 is 0 Å². The van der Waals surface area contributed by atoms with E-state index in [1.807, 2.05) is 55.5 Å². The Morgan fingerprint density at radius 1 is 1.00 bits per heavy atom. The molecule has 0 aliphatic carbocycles. The van der Waals surface area contributed by atoms with Gasteiger partial charge in [0.2, 0.25) is 5.91 Å². The number of carbonyl (C=O) groups excluding carboxylic acids is 1. The third kappa shape index (κ3) is 4.87. The summed E-state index contributed by atoms with van der Waals surface area (Å²) >= 11 is 3.50. The molecular formula is C19H17BrN4O. The molecule has 0 spiro atoms. The van der Waals surface area contributed by atoms with Crippen LogP contribution in [0.2, 0.25) is 0 Å². The van der Waals surface area contributed by atoms with Gasteiger partial charge in [0.05, 0.1) is 6.42 Å². The topological polar surface area (TPSA) is 66.9 Å². The maximum Gasteiger partial charge on any atom is 0.229 e. The Balaban J connectivity index is 1.60. The SMILES string of the molecule is Cc1ccc(Nc2ccc(NC(=O)Cc3ccccc3)nn2)cc1Br. The average molecular weight is 397 g/mol. The minimum Gasteiger partial charge on any atom is -0.339 e. The summed E-state index contributed by atoms with van der Waals surface area (Å²) in [5.41, 5.74) is 3.02. The van der Waals surface area contributed by atoms with E-state index >= 15 is 0 Å². The molecule has 3 aromatic rings. The second kappa shape index (κ2) is 7.90. The number of hydrogen-bond donors (Lipinski definition) is 2. The van der Waals surface area contributed by atoms with Gasteiger partial charge in [0.25, 0.3) is 0 Å². The van der Waals surface area contributed by atoms with E-state index in [4.69, 9.17) is 0 Å². The molecule has 0 unspecified atom stereocenters. The van der Waals surface area contributed by atoms with Gasteiger partial charge in [-0.15, -0.1) is 10.2 Å². The van der Waals surface area contributed by atoms with E-state index in [0.717, 1.165) is 21.3 Å². The second-order valence-electron chi connectivity index (χ2n) is 5.60. The third-order valence-corrected chi connectivity index (χ3v) is 4.44. The van der Waals surface area contributed by atoms with Gasteiger partial charge in [-0.3, -0.25) is 4.79 Å². The summed E-state index contributed by atoms with van der Waals surface area (Å²) in [7, 11) is 0. The van der Waals surface area contributed by atoms with E-state index in [9.17, 15) is 4.79 Å². The summed E-state index contributed by atoms with van der Waals surface area (Å²) in [6.07, 6.45) is 0.305. The first-order valence-corrected chi connectivity index (χ1v) is 8.60. The van der Waals surface area contributed by atoms with Gasteiger partial charge in [-0.2, -0.15) is 0 Å². The van der Waals surface area contributed by atoms with Crippen molar-refractivity contribution in [3.63, 3.8) is 0 Å². The number of aromatic nitrogens is 2. The van der Waals surface area contributed by atoms with Crippen LogP contribution < -0.4 is 10.6 Å². The molecule has 0 aliphatic rings. The molecule has 1 heterocycles. The largest absolute Gasteiger partial charge is 0.339 e. The molecule has 6 heteroatoms. The predicted octanol–water partition coefficient (Wildman–Crippen LogP) is 4.47. The molecule has 1 amide bonds. The molecule has 0 saturated carbocycles. The van der Waals surface area contributed by atoms with Gasteiger partial charge in [-0.05, 0) is 42.3 Å². The van der Waals surface area contributed by atoms with Crippen molar-refractivity contribution >= 4 is 39.2 Å². The number of carbonyl (C=O) groups is 1. The van der Waals surface area contributed by atoms with Crippen LogP contribution >= 0.6 is 15.9 Å². The molecule has 0 saturated heterocycles. The highest BCUT2D eigenvalue weighted by molar-refractivity contribution is 9.10. The first-order chi connectivity index (χ1) is 12.1. The number of benzene rings is 2. The summed E-state index contributed by atoms with van der Waals surface area (Å²) in [5.74, 6) is 0.914. The van der Waals surface area contributed by atoms with Gasteiger partial charge < -0.3 is 10.6 Å². The van der Waals surface area contributed by atoms with Crippen molar-refractivity contribution in [1.82, 2.24) is 10.2 Å². The summed E-state index contributed by atoms with van der Waals surface area (Å²) in [5, 5.41) is 14.1. The Kier molecular flexibility index (Phi) is 5.40.